The normalized spacial score (nSPS) is 16.9. The highest BCUT2D eigenvalue weighted by Crippen LogP contribution is 2.34. The maximum Gasteiger partial charge on any atom is 0.293 e. The van der Waals surface area contributed by atoms with Crippen molar-refractivity contribution in [3.05, 3.63) is 51.0 Å². The van der Waals surface area contributed by atoms with E-state index in [2.05, 4.69) is 15.9 Å². The van der Waals surface area contributed by atoms with Crippen molar-refractivity contribution in [1.82, 2.24) is 4.90 Å². The van der Waals surface area contributed by atoms with Crippen molar-refractivity contribution >= 4 is 44.9 Å². The molecule has 0 saturated carbocycles. The summed E-state index contributed by atoms with van der Waals surface area (Å²) in [5.41, 5.74) is 2.09. The van der Waals surface area contributed by atoms with Gasteiger partial charge in [0.1, 0.15) is 11.5 Å². The van der Waals surface area contributed by atoms with Crippen LogP contribution in [0.3, 0.4) is 0 Å². The zero-order chi connectivity index (χ0) is 15.9. The molecule has 2 heterocycles. The molecule has 0 radical (unpaired) electrons. The minimum atomic E-state index is -0.301. The van der Waals surface area contributed by atoms with Crippen LogP contribution in [0.4, 0.5) is 4.79 Å². The van der Waals surface area contributed by atoms with Gasteiger partial charge in [0.2, 0.25) is 0 Å². The number of rotatable bonds is 2. The number of aryl methyl sites for hydroxylation is 1. The van der Waals surface area contributed by atoms with Crippen LogP contribution in [-0.4, -0.2) is 23.1 Å². The lowest BCUT2D eigenvalue weighted by molar-refractivity contribution is -0.121. The number of hydrogen-bond acceptors (Lipinski definition) is 4. The van der Waals surface area contributed by atoms with Gasteiger partial charge >= 0.3 is 0 Å². The van der Waals surface area contributed by atoms with Crippen LogP contribution in [-0.2, 0) is 4.79 Å². The Balaban J connectivity index is 1.92. The number of imide groups is 1. The van der Waals surface area contributed by atoms with Crippen molar-refractivity contribution in [1.29, 1.82) is 0 Å². The topological polar surface area (TPSA) is 50.5 Å². The van der Waals surface area contributed by atoms with Crippen molar-refractivity contribution in [3.63, 3.8) is 0 Å². The van der Waals surface area contributed by atoms with E-state index in [0.717, 1.165) is 32.3 Å². The molecule has 0 unspecified atom stereocenters. The number of nitrogens with zero attached hydrogens (tertiary/aromatic N) is 1. The number of carbonyl (C=O) groups is 2. The number of amides is 2. The number of thioether (sulfide) groups is 1. The minimum Gasteiger partial charge on any atom is -0.457 e. The molecule has 0 atom stereocenters. The van der Waals surface area contributed by atoms with Crippen molar-refractivity contribution in [2.45, 2.75) is 6.92 Å². The van der Waals surface area contributed by atoms with E-state index >= 15 is 0 Å². The van der Waals surface area contributed by atoms with Crippen LogP contribution in [0.15, 0.2) is 44.1 Å². The molecule has 4 nitrogen and oxygen atoms in total. The standard InChI is InChI=1S/C16H12BrNO3S/c1-9-3-5-11(12(17)7-9)13-6-4-10(21-13)8-14-15(19)18(2)16(20)22-14/h3-8H,1-2H3/b14-8-. The van der Waals surface area contributed by atoms with E-state index in [1.165, 1.54) is 7.05 Å². The fraction of sp³-hybridized carbons (Fsp3) is 0.125. The molecule has 2 amide bonds. The Hall–Kier alpha value is -1.79. The number of carbonyl (C=O) groups excluding carboxylic acids is 2. The summed E-state index contributed by atoms with van der Waals surface area (Å²) in [6.45, 7) is 2.02. The summed E-state index contributed by atoms with van der Waals surface area (Å²) in [4.78, 5) is 24.8. The summed E-state index contributed by atoms with van der Waals surface area (Å²) in [7, 11) is 1.47. The molecule has 6 heteroatoms. The Bertz CT molecular complexity index is 809. The Labute approximate surface area is 140 Å². The van der Waals surface area contributed by atoms with Gasteiger partial charge in [0.05, 0.1) is 4.91 Å². The van der Waals surface area contributed by atoms with Crippen LogP contribution in [0.25, 0.3) is 17.4 Å². The molecule has 1 saturated heterocycles. The van der Waals surface area contributed by atoms with Crippen LogP contribution in [0.1, 0.15) is 11.3 Å². The largest absolute Gasteiger partial charge is 0.457 e. The van der Waals surface area contributed by atoms with Gasteiger partial charge in [0.15, 0.2) is 0 Å². The highest BCUT2D eigenvalue weighted by molar-refractivity contribution is 9.10. The molecule has 0 aliphatic carbocycles. The molecule has 0 spiro atoms. The quantitative estimate of drug-likeness (QED) is 0.712. The molecule has 1 aliphatic rings. The number of likely N-dealkylation sites (N-methyl/N-ethyl adjacent to an activating group) is 1. The van der Waals surface area contributed by atoms with Crippen molar-refractivity contribution in [2.24, 2.45) is 0 Å². The minimum absolute atomic E-state index is 0.274. The van der Waals surface area contributed by atoms with Crippen molar-refractivity contribution in [3.8, 4) is 11.3 Å². The summed E-state index contributed by atoms with van der Waals surface area (Å²) < 4.78 is 6.72. The maximum absolute atomic E-state index is 11.9. The molecule has 22 heavy (non-hydrogen) atoms. The van der Waals surface area contributed by atoms with E-state index < -0.39 is 0 Å². The van der Waals surface area contributed by atoms with Crippen LogP contribution >= 0.6 is 27.7 Å². The SMILES string of the molecule is Cc1ccc(-c2ccc(/C=C3\SC(=O)N(C)C3=O)o2)c(Br)c1. The fourth-order valence-corrected chi connectivity index (χ4v) is 3.57. The van der Waals surface area contributed by atoms with Crippen LogP contribution in [0.2, 0.25) is 0 Å². The van der Waals surface area contributed by atoms with Crippen LogP contribution < -0.4 is 0 Å². The average molecular weight is 378 g/mol. The summed E-state index contributed by atoms with van der Waals surface area (Å²) in [5.74, 6) is 0.944. The number of benzene rings is 1. The lowest BCUT2D eigenvalue weighted by Crippen LogP contribution is -2.22. The molecule has 1 fully saturated rings. The Morgan fingerprint density at radius 3 is 2.64 bits per heavy atom. The first-order chi connectivity index (χ1) is 10.5. The average Bonchev–Trinajstić information content (AvgIpc) is 3.01. The van der Waals surface area contributed by atoms with Crippen molar-refractivity contribution < 1.29 is 14.0 Å². The number of hydrogen-bond donors (Lipinski definition) is 0. The third-order valence-corrected chi connectivity index (χ3v) is 4.89. The Morgan fingerprint density at radius 1 is 1.23 bits per heavy atom. The first-order valence-electron chi connectivity index (χ1n) is 6.53. The van der Waals surface area contributed by atoms with Gasteiger partial charge in [0.25, 0.3) is 11.1 Å². The maximum atomic E-state index is 11.9. The smallest absolute Gasteiger partial charge is 0.293 e. The molecule has 0 N–H and O–H groups in total. The summed E-state index contributed by atoms with van der Waals surface area (Å²) in [6.07, 6.45) is 1.60. The third kappa shape index (κ3) is 2.76. The second-order valence-electron chi connectivity index (χ2n) is 4.93. The third-order valence-electron chi connectivity index (χ3n) is 3.28. The van der Waals surface area contributed by atoms with Gasteiger partial charge in [-0.25, -0.2) is 0 Å². The predicted molar refractivity (Wildman–Crippen MR) is 90.3 cm³/mol. The van der Waals surface area contributed by atoms with Gasteiger partial charge < -0.3 is 4.42 Å². The summed E-state index contributed by atoms with van der Waals surface area (Å²) >= 11 is 4.44. The van der Waals surface area contributed by atoms with Gasteiger partial charge in [-0.1, -0.05) is 22.0 Å². The molecule has 2 aromatic rings. The first-order valence-corrected chi connectivity index (χ1v) is 8.14. The van der Waals surface area contributed by atoms with E-state index in [9.17, 15) is 9.59 Å². The molecular formula is C16H12BrNO3S. The van der Waals surface area contributed by atoms with Gasteiger partial charge in [0, 0.05) is 23.2 Å². The van der Waals surface area contributed by atoms with Gasteiger partial charge in [-0.05, 0) is 48.5 Å². The van der Waals surface area contributed by atoms with E-state index in [-0.39, 0.29) is 11.1 Å². The molecule has 1 aromatic carbocycles. The molecule has 0 bridgehead atoms. The fourth-order valence-electron chi connectivity index (χ4n) is 2.07. The van der Waals surface area contributed by atoms with Crippen LogP contribution in [0, 0.1) is 6.92 Å². The molecular weight excluding hydrogens is 366 g/mol. The van der Waals surface area contributed by atoms with E-state index in [0.29, 0.717) is 16.4 Å². The monoisotopic (exact) mass is 377 g/mol. The summed E-state index contributed by atoms with van der Waals surface area (Å²) in [5, 5.41) is -0.274. The summed E-state index contributed by atoms with van der Waals surface area (Å²) in [6, 6.07) is 9.62. The second kappa shape index (κ2) is 5.78. The first kappa shape index (κ1) is 15.1. The van der Waals surface area contributed by atoms with Gasteiger partial charge in [-0.3, -0.25) is 14.5 Å². The van der Waals surface area contributed by atoms with E-state index in [1.807, 2.05) is 31.2 Å². The molecule has 1 aromatic heterocycles. The lowest BCUT2D eigenvalue weighted by Gasteiger charge is -2.02. The molecule has 112 valence electrons. The molecule has 3 rings (SSSR count). The number of halogens is 1. The van der Waals surface area contributed by atoms with Crippen LogP contribution in [0.5, 0.6) is 0 Å². The zero-order valence-corrected chi connectivity index (χ0v) is 14.3. The molecule has 1 aliphatic heterocycles. The lowest BCUT2D eigenvalue weighted by atomic mass is 10.1. The Kier molecular flexibility index (Phi) is 3.97. The highest BCUT2D eigenvalue weighted by Gasteiger charge is 2.32. The Morgan fingerprint density at radius 2 is 2.00 bits per heavy atom. The highest BCUT2D eigenvalue weighted by atomic mass is 79.9. The van der Waals surface area contributed by atoms with Crippen molar-refractivity contribution in [2.75, 3.05) is 7.05 Å². The van der Waals surface area contributed by atoms with Gasteiger partial charge in [-0.2, -0.15) is 0 Å². The second-order valence-corrected chi connectivity index (χ2v) is 6.77. The number of furan rings is 1. The predicted octanol–water partition coefficient (Wildman–Crippen LogP) is 4.68. The zero-order valence-electron chi connectivity index (χ0n) is 11.9. The van der Waals surface area contributed by atoms with E-state index in [4.69, 9.17) is 4.42 Å². The van der Waals surface area contributed by atoms with E-state index in [1.54, 1.807) is 12.1 Å². The van der Waals surface area contributed by atoms with Gasteiger partial charge in [-0.15, -0.1) is 0 Å².